The first-order chi connectivity index (χ1) is 12.6. The van der Waals surface area contributed by atoms with Crippen LogP contribution in [0.25, 0.3) is 0 Å². The molecule has 0 unspecified atom stereocenters. The molecule has 5 rings (SSSR count). The van der Waals surface area contributed by atoms with Crippen molar-refractivity contribution in [3.05, 3.63) is 76.0 Å². The van der Waals surface area contributed by atoms with Crippen LogP contribution >= 0.6 is 0 Å². The molecule has 1 aromatic rings. The molecule has 0 fully saturated rings. The van der Waals surface area contributed by atoms with E-state index in [1.165, 1.54) is 40.9 Å². The first-order valence-electron chi connectivity index (χ1n) is 9.82. The second kappa shape index (κ2) is 5.57. The molecule has 0 saturated heterocycles. The number of benzene rings is 1. The monoisotopic (exact) mass is 343 g/mol. The van der Waals surface area contributed by atoms with E-state index in [9.17, 15) is 4.79 Å². The Balaban J connectivity index is 1.54. The van der Waals surface area contributed by atoms with Crippen molar-refractivity contribution in [2.24, 2.45) is 0 Å². The SMILES string of the molecule is CC1(C)C(=CC=C2CC3=C(CCC=C3)C2=O)N2CCCc3cccc1c32. The van der Waals surface area contributed by atoms with Gasteiger partial charge in [0.15, 0.2) is 5.78 Å². The largest absolute Gasteiger partial charge is 0.344 e. The first kappa shape index (κ1) is 15.9. The van der Waals surface area contributed by atoms with Gasteiger partial charge in [0.2, 0.25) is 0 Å². The Morgan fingerprint density at radius 1 is 1.15 bits per heavy atom. The molecule has 0 saturated carbocycles. The number of para-hydroxylation sites is 1. The summed E-state index contributed by atoms with van der Waals surface area (Å²) >= 11 is 0. The Morgan fingerprint density at radius 3 is 2.88 bits per heavy atom. The van der Waals surface area contributed by atoms with Gasteiger partial charge in [-0.2, -0.15) is 0 Å². The average molecular weight is 343 g/mol. The normalized spacial score (nSPS) is 26.1. The summed E-state index contributed by atoms with van der Waals surface area (Å²) in [5.41, 5.74) is 8.88. The van der Waals surface area contributed by atoms with Crippen LogP contribution in [0.2, 0.25) is 0 Å². The lowest BCUT2D eigenvalue weighted by Crippen LogP contribution is -2.29. The van der Waals surface area contributed by atoms with Crippen molar-refractivity contribution in [1.29, 1.82) is 0 Å². The third-order valence-electron chi connectivity index (χ3n) is 6.48. The van der Waals surface area contributed by atoms with E-state index >= 15 is 0 Å². The van der Waals surface area contributed by atoms with E-state index < -0.39 is 0 Å². The second-order valence-electron chi connectivity index (χ2n) is 8.39. The van der Waals surface area contributed by atoms with Crippen LogP contribution in [0.3, 0.4) is 0 Å². The van der Waals surface area contributed by atoms with Crippen molar-refractivity contribution in [3.63, 3.8) is 0 Å². The predicted octanol–water partition coefficient (Wildman–Crippen LogP) is 5.16. The fourth-order valence-electron chi connectivity index (χ4n) is 5.10. The molecular formula is C24H25NO. The third-order valence-corrected chi connectivity index (χ3v) is 6.48. The maximum absolute atomic E-state index is 12.7. The van der Waals surface area contributed by atoms with E-state index in [4.69, 9.17) is 0 Å². The van der Waals surface area contributed by atoms with Crippen LogP contribution in [0.1, 0.15) is 50.7 Å². The number of aryl methyl sites for hydroxylation is 1. The highest BCUT2D eigenvalue weighted by Crippen LogP contribution is 2.51. The van der Waals surface area contributed by atoms with Crippen LogP contribution < -0.4 is 4.90 Å². The molecule has 0 spiro atoms. The van der Waals surface area contributed by atoms with Gasteiger partial charge in [-0.3, -0.25) is 4.79 Å². The molecule has 132 valence electrons. The number of carbonyl (C=O) groups is 1. The van der Waals surface area contributed by atoms with Crippen LogP contribution in [0.15, 0.2) is 64.9 Å². The molecule has 0 atom stereocenters. The summed E-state index contributed by atoms with van der Waals surface area (Å²) in [5, 5.41) is 0. The van der Waals surface area contributed by atoms with E-state index in [1.54, 1.807) is 0 Å². The Morgan fingerprint density at radius 2 is 2.04 bits per heavy atom. The summed E-state index contributed by atoms with van der Waals surface area (Å²) in [6.45, 7) is 5.70. The Hall–Kier alpha value is -2.35. The quantitative estimate of drug-likeness (QED) is 0.657. The van der Waals surface area contributed by atoms with Crippen LogP contribution in [0, 0.1) is 0 Å². The molecule has 0 bridgehead atoms. The van der Waals surface area contributed by atoms with E-state index in [0.29, 0.717) is 0 Å². The summed E-state index contributed by atoms with van der Waals surface area (Å²) in [6.07, 6.45) is 13.7. The van der Waals surface area contributed by atoms with Gasteiger partial charge < -0.3 is 4.90 Å². The number of rotatable bonds is 1. The molecule has 2 heteroatoms. The minimum atomic E-state index is -0.0126. The van der Waals surface area contributed by atoms with Crippen molar-refractivity contribution >= 4 is 11.5 Å². The molecule has 2 heterocycles. The zero-order valence-corrected chi connectivity index (χ0v) is 15.6. The van der Waals surface area contributed by atoms with Crippen LogP contribution in [-0.2, 0) is 16.6 Å². The Kier molecular flexibility index (Phi) is 3.40. The minimum Gasteiger partial charge on any atom is -0.344 e. The van der Waals surface area contributed by atoms with E-state index in [1.807, 2.05) is 0 Å². The standard InChI is InChI=1S/C24H25NO/c1-24(2)20-11-5-8-16-9-6-14-25(22(16)20)21(24)13-12-18-15-17-7-3-4-10-19(17)23(18)26/h3,5,7-8,11-13H,4,6,9-10,14-15H2,1-2H3. The van der Waals surface area contributed by atoms with Crippen molar-refractivity contribution in [1.82, 2.24) is 0 Å². The number of carbonyl (C=O) groups excluding carboxylic acids is 1. The molecular weight excluding hydrogens is 318 g/mol. The van der Waals surface area contributed by atoms with Crippen LogP contribution in [-0.4, -0.2) is 12.3 Å². The molecule has 2 nitrogen and oxygen atoms in total. The molecule has 4 aliphatic rings. The van der Waals surface area contributed by atoms with E-state index in [-0.39, 0.29) is 11.2 Å². The zero-order chi connectivity index (χ0) is 17.9. The van der Waals surface area contributed by atoms with Gasteiger partial charge in [-0.1, -0.05) is 50.3 Å². The Labute approximate surface area is 155 Å². The van der Waals surface area contributed by atoms with E-state index in [0.717, 1.165) is 37.0 Å². The molecule has 2 aliphatic carbocycles. The van der Waals surface area contributed by atoms with Gasteiger partial charge in [-0.25, -0.2) is 0 Å². The minimum absolute atomic E-state index is 0.0126. The van der Waals surface area contributed by atoms with Crippen molar-refractivity contribution in [2.75, 3.05) is 11.4 Å². The second-order valence-corrected chi connectivity index (χ2v) is 8.39. The Bertz CT molecular complexity index is 939. The number of ketones is 1. The summed E-state index contributed by atoms with van der Waals surface area (Å²) in [4.78, 5) is 15.2. The average Bonchev–Trinajstić information content (AvgIpc) is 3.08. The molecule has 26 heavy (non-hydrogen) atoms. The highest BCUT2D eigenvalue weighted by Gasteiger charge is 2.42. The van der Waals surface area contributed by atoms with E-state index in [2.05, 4.69) is 61.3 Å². The molecule has 0 amide bonds. The fourth-order valence-corrected chi connectivity index (χ4v) is 5.10. The zero-order valence-electron chi connectivity index (χ0n) is 15.6. The van der Waals surface area contributed by atoms with Crippen LogP contribution in [0.5, 0.6) is 0 Å². The predicted molar refractivity (Wildman–Crippen MR) is 106 cm³/mol. The smallest absolute Gasteiger partial charge is 0.185 e. The molecule has 1 aromatic carbocycles. The topological polar surface area (TPSA) is 20.3 Å². The van der Waals surface area contributed by atoms with Crippen molar-refractivity contribution in [2.45, 2.75) is 51.4 Å². The van der Waals surface area contributed by atoms with Gasteiger partial charge in [-0.05, 0) is 48.5 Å². The molecule has 2 aliphatic heterocycles. The van der Waals surface area contributed by atoms with Crippen molar-refractivity contribution < 1.29 is 4.79 Å². The highest BCUT2D eigenvalue weighted by molar-refractivity contribution is 6.12. The van der Waals surface area contributed by atoms with Gasteiger partial charge in [-0.15, -0.1) is 0 Å². The maximum atomic E-state index is 12.7. The van der Waals surface area contributed by atoms with Gasteiger partial charge >= 0.3 is 0 Å². The lowest BCUT2D eigenvalue weighted by molar-refractivity contribution is -0.112. The summed E-state index contributed by atoms with van der Waals surface area (Å²) < 4.78 is 0. The fraction of sp³-hybridized carbons (Fsp3) is 0.375. The lowest BCUT2D eigenvalue weighted by Gasteiger charge is -2.30. The lowest BCUT2D eigenvalue weighted by atomic mass is 9.83. The number of hydrogen-bond donors (Lipinski definition) is 0. The summed E-state index contributed by atoms with van der Waals surface area (Å²) in [7, 11) is 0. The van der Waals surface area contributed by atoms with Gasteiger partial charge in [0.05, 0.1) is 0 Å². The number of anilines is 1. The third kappa shape index (κ3) is 2.14. The maximum Gasteiger partial charge on any atom is 0.185 e. The molecule has 0 aromatic heterocycles. The number of hydrogen-bond acceptors (Lipinski definition) is 2. The highest BCUT2D eigenvalue weighted by atomic mass is 16.1. The molecule has 0 N–H and O–H groups in total. The van der Waals surface area contributed by atoms with Crippen LogP contribution in [0.4, 0.5) is 5.69 Å². The number of allylic oxidation sites excluding steroid dienone is 8. The number of Topliss-reactive ketones (excluding diaryl/α,β-unsaturated/α-hetero) is 1. The number of nitrogens with zero attached hydrogens (tertiary/aromatic N) is 1. The summed E-state index contributed by atoms with van der Waals surface area (Å²) in [6, 6.07) is 6.75. The molecule has 0 radical (unpaired) electrons. The van der Waals surface area contributed by atoms with Gasteiger partial charge in [0.1, 0.15) is 0 Å². The van der Waals surface area contributed by atoms with Gasteiger partial charge in [0, 0.05) is 40.9 Å². The first-order valence-corrected chi connectivity index (χ1v) is 9.82. The van der Waals surface area contributed by atoms with Crippen molar-refractivity contribution in [3.8, 4) is 0 Å². The summed E-state index contributed by atoms with van der Waals surface area (Å²) in [5.74, 6) is 0.272. The van der Waals surface area contributed by atoms with Gasteiger partial charge in [0.25, 0.3) is 0 Å².